The fourth-order valence-electron chi connectivity index (χ4n) is 4.68. The van der Waals surface area contributed by atoms with Crippen LogP contribution in [0.5, 0.6) is 0 Å². The summed E-state index contributed by atoms with van der Waals surface area (Å²) in [7, 11) is 0. The third-order valence-corrected chi connectivity index (χ3v) is 6.77. The first-order chi connectivity index (χ1) is 18.0. The highest BCUT2D eigenvalue weighted by Gasteiger charge is 2.41. The van der Waals surface area contributed by atoms with Gasteiger partial charge >= 0.3 is 5.97 Å². The number of amides is 3. The van der Waals surface area contributed by atoms with E-state index in [4.69, 9.17) is 5.73 Å². The van der Waals surface area contributed by atoms with Crippen LogP contribution in [-0.2, 0) is 38.6 Å². The maximum atomic E-state index is 14.0. The van der Waals surface area contributed by atoms with Gasteiger partial charge in [-0.05, 0) is 42.3 Å². The minimum atomic E-state index is -1.29. The van der Waals surface area contributed by atoms with Gasteiger partial charge in [-0.1, -0.05) is 45.0 Å². The number of aliphatic carboxylic acids is 1. The van der Waals surface area contributed by atoms with Gasteiger partial charge in [0.2, 0.25) is 17.7 Å². The van der Waals surface area contributed by atoms with Crippen LogP contribution in [0.2, 0.25) is 0 Å². The molecule has 0 unspecified atom stereocenters. The number of hydrogen-bond acceptors (Lipinski definition) is 6. The quantitative estimate of drug-likeness (QED) is 0.258. The molecule has 2 heterocycles. The monoisotopic (exact) mass is 526 g/mol. The molecule has 1 aromatic heterocycles. The predicted octanol–water partition coefficient (Wildman–Crippen LogP) is 1.14. The van der Waals surface area contributed by atoms with Crippen molar-refractivity contribution >= 4 is 23.7 Å². The summed E-state index contributed by atoms with van der Waals surface area (Å²) in [6, 6.07) is 4.84. The molecule has 3 atom stereocenters. The van der Waals surface area contributed by atoms with Gasteiger partial charge in [-0.25, -0.2) is 9.78 Å². The Bertz CT molecular complexity index is 1130. The maximum Gasteiger partial charge on any atom is 0.326 e. The van der Waals surface area contributed by atoms with E-state index >= 15 is 0 Å². The first-order valence-electron chi connectivity index (χ1n) is 12.9. The van der Waals surface area contributed by atoms with E-state index in [1.54, 1.807) is 17.4 Å². The number of rotatable bonds is 12. The van der Waals surface area contributed by atoms with E-state index in [9.17, 15) is 24.3 Å². The van der Waals surface area contributed by atoms with Crippen molar-refractivity contribution in [3.63, 3.8) is 0 Å². The zero-order valence-corrected chi connectivity index (χ0v) is 22.2. The van der Waals surface area contributed by atoms with Crippen molar-refractivity contribution in [3.05, 3.63) is 53.6 Å². The molecule has 3 amide bonds. The number of aryl methyl sites for hydroxylation is 1. The molecule has 0 saturated carbocycles. The van der Waals surface area contributed by atoms with Crippen molar-refractivity contribution in [2.24, 2.45) is 11.1 Å². The first-order valence-corrected chi connectivity index (χ1v) is 12.9. The number of carboxylic acid groups (broad SMARTS) is 1. The zero-order valence-electron chi connectivity index (χ0n) is 22.2. The summed E-state index contributed by atoms with van der Waals surface area (Å²) in [4.78, 5) is 59.0. The molecule has 11 nitrogen and oxygen atoms in total. The molecule has 11 heteroatoms. The van der Waals surface area contributed by atoms with E-state index in [0.717, 1.165) is 29.7 Å². The Morgan fingerprint density at radius 3 is 2.53 bits per heavy atom. The van der Waals surface area contributed by atoms with Crippen LogP contribution in [0.1, 0.15) is 56.9 Å². The lowest BCUT2D eigenvalue weighted by Gasteiger charge is -2.41. The van der Waals surface area contributed by atoms with Crippen molar-refractivity contribution in [2.45, 2.75) is 77.5 Å². The molecule has 206 valence electrons. The number of benzene rings is 1. The molecule has 2 aromatic rings. The van der Waals surface area contributed by atoms with Crippen molar-refractivity contribution in [3.8, 4) is 0 Å². The average molecular weight is 527 g/mol. The molecule has 6 N–H and O–H groups in total. The van der Waals surface area contributed by atoms with E-state index < -0.39 is 41.3 Å². The third kappa shape index (κ3) is 7.64. The van der Waals surface area contributed by atoms with Crippen LogP contribution in [0.4, 0.5) is 0 Å². The second-order valence-electron chi connectivity index (χ2n) is 10.8. The number of H-pyrrole nitrogens is 1. The van der Waals surface area contributed by atoms with Gasteiger partial charge in [0.1, 0.15) is 12.1 Å². The molecule has 0 radical (unpaired) electrons. The Hall–Kier alpha value is -3.73. The Morgan fingerprint density at radius 2 is 1.92 bits per heavy atom. The number of imidazole rings is 1. The highest BCUT2D eigenvalue weighted by atomic mass is 16.4. The summed E-state index contributed by atoms with van der Waals surface area (Å²) in [5, 5.41) is 15.5. The number of fused-ring (bicyclic) bond motifs is 1. The van der Waals surface area contributed by atoms with Gasteiger partial charge in [-0.3, -0.25) is 14.4 Å². The lowest BCUT2D eigenvalue weighted by Crippen LogP contribution is -2.61. The van der Waals surface area contributed by atoms with Gasteiger partial charge in [-0.2, -0.15) is 0 Å². The minimum Gasteiger partial charge on any atom is -0.480 e. The summed E-state index contributed by atoms with van der Waals surface area (Å²) >= 11 is 0. The Labute approximate surface area is 222 Å². The Morgan fingerprint density at radius 1 is 1.21 bits per heavy atom. The molecule has 0 spiro atoms. The van der Waals surface area contributed by atoms with Crippen LogP contribution in [0.25, 0.3) is 0 Å². The molecule has 1 aromatic carbocycles. The van der Waals surface area contributed by atoms with E-state index in [2.05, 4.69) is 20.6 Å². The lowest BCUT2D eigenvalue weighted by atomic mass is 9.84. The summed E-state index contributed by atoms with van der Waals surface area (Å²) in [6.45, 7) is 6.72. The van der Waals surface area contributed by atoms with Crippen LogP contribution < -0.4 is 16.4 Å². The molecule has 0 aliphatic carbocycles. The molecule has 0 saturated heterocycles. The standard InChI is InChI=1S/C27H38N6O5/c1-27(2,3)23(30-12-6-9-19-14-29-16-31-19)25(36)33-15-18-8-5-4-7-17(18)13-21(33)24(35)32-20(26(37)38)10-11-22(28)34/h4-5,7-8,14,16,20-21,23,30H,6,9-13,15H2,1-3H3,(H2,28,34)(H,29,31)(H,32,35)(H,37,38)/t20-,21-,23+/m0/s1. The van der Waals surface area contributed by atoms with Crippen LogP contribution in [0.3, 0.4) is 0 Å². The van der Waals surface area contributed by atoms with Gasteiger partial charge in [-0.15, -0.1) is 0 Å². The van der Waals surface area contributed by atoms with Crippen LogP contribution in [0, 0.1) is 5.41 Å². The number of carboxylic acids is 1. The topological polar surface area (TPSA) is 171 Å². The number of carbonyl (C=O) groups is 4. The average Bonchev–Trinajstić information content (AvgIpc) is 3.37. The molecule has 1 aliphatic rings. The lowest BCUT2D eigenvalue weighted by molar-refractivity contribution is -0.147. The van der Waals surface area contributed by atoms with Gasteiger partial charge in [0.15, 0.2) is 0 Å². The van der Waals surface area contributed by atoms with E-state index in [0.29, 0.717) is 6.54 Å². The molecule has 3 rings (SSSR count). The van der Waals surface area contributed by atoms with Gasteiger partial charge in [0.05, 0.1) is 12.4 Å². The van der Waals surface area contributed by atoms with Crippen molar-refractivity contribution in [1.82, 2.24) is 25.5 Å². The normalized spacial score (nSPS) is 16.8. The summed E-state index contributed by atoms with van der Waals surface area (Å²) < 4.78 is 0. The second-order valence-corrected chi connectivity index (χ2v) is 10.8. The molecule has 0 fully saturated rings. The summed E-state index contributed by atoms with van der Waals surface area (Å²) in [5.74, 6) is -2.71. The van der Waals surface area contributed by atoms with Crippen molar-refractivity contribution in [1.29, 1.82) is 0 Å². The maximum absolute atomic E-state index is 14.0. The minimum absolute atomic E-state index is 0.129. The fraction of sp³-hybridized carbons (Fsp3) is 0.519. The predicted molar refractivity (Wildman–Crippen MR) is 141 cm³/mol. The first kappa shape index (κ1) is 28.8. The molecular formula is C27H38N6O5. The molecule has 0 bridgehead atoms. The van der Waals surface area contributed by atoms with Crippen molar-refractivity contribution < 1.29 is 24.3 Å². The van der Waals surface area contributed by atoms with Gasteiger partial charge < -0.3 is 31.4 Å². The summed E-state index contributed by atoms with van der Waals surface area (Å²) in [6.07, 6.45) is 4.92. The van der Waals surface area contributed by atoms with Gasteiger partial charge in [0.25, 0.3) is 0 Å². The van der Waals surface area contributed by atoms with Crippen LogP contribution >= 0.6 is 0 Å². The molecule has 1 aliphatic heterocycles. The van der Waals surface area contributed by atoms with E-state index in [1.807, 2.05) is 45.0 Å². The molecular weight excluding hydrogens is 488 g/mol. The highest BCUT2D eigenvalue weighted by Crippen LogP contribution is 2.28. The Balaban J connectivity index is 1.80. The van der Waals surface area contributed by atoms with E-state index in [1.165, 1.54) is 0 Å². The number of nitrogens with one attached hydrogen (secondary N) is 3. The van der Waals surface area contributed by atoms with Crippen molar-refractivity contribution in [2.75, 3.05) is 6.54 Å². The number of hydrogen-bond donors (Lipinski definition) is 5. The van der Waals surface area contributed by atoms with Gasteiger partial charge in [0, 0.05) is 31.3 Å². The summed E-state index contributed by atoms with van der Waals surface area (Å²) in [5.41, 5.74) is 7.61. The molecule has 38 heavy (non-hydrogen) atoms. The van der Waals surface area contributed by atoms with E-state index in [-0.39, 0.29) is 31.7 Å². The number of aromatic nitrogens is 2. The smallest absolute Gasteiger partial charge is 0.326 e. The van der Waals surface area contributed by atoms with Crippen LogP contribution in [0.15, 0.2) is 36.8 Å². The SMILES string of the molecule is CC(C)(C)[C@H](NCCCc1cnc[nH]1)C(=O)N1Cc2ccccc2C[C@H]1C(=O)N[C@@H](CCC(N)=O)C(=O)O. The second kappa shape index (κ2) is 12.7. The number of nitrogens with zero attached hydrogens (tertiary/aromatic N) is 2. The highest BCUT2D eigenvalue weighted by molar-refractivity contribution is 5.93. The number of primary amides is 1. The number of nitrogens with two attached hydrogens (primary N) is 1. The largest absolute Gasteiger partial charge is 0.480 e. The van der Waals surface area contributed by atoms with Crippen LogP contribution in [-0.4, -0.2) is 68.3 Å². The fourth-order valence-corrected chi connectivity index (χ4v) is 4.68. The number of aromatic amines is 1. The third-order valence-electron chi connectivity index (χ3n) is 6.77. The number of carbonyl (C=O) groups excluding carboxylic acids is 3. The zero-order chi connectivity index (χ0) is 27.9. The Kier molecular flexibility index (Phi) is 9.62.